The van der Waals surface area contributed by atoms with Crippen molar-refractivity contribution in [3.8, 4) is 11.5 Å². The lowest BCUT2D eigenvalue weighted by Gasteiger charge is -2.37. The first-order valence-corrected chi connectivity index (χ1v) is 8.91. The van der Waals surface area contributed by atoms with E-state index in [-0.39, 0.29) is 36.1 Å². The number of hydrogen-bond donors (Lipinski definition) is 2. The summed E-state index contributed by atoms with van der Waals surface area (Å²) in [5, 5.41) is 10.3. The predicted molar refractivity (Wildman–Crippen MR) is 110 cm³/mol. The quantitative estimate of drug-likeness (QED) is 0.658. The van der Waals surface area contributed by atoms with Crippen LogP contribution in [0.25, 0.3) is 11.5 Å². The number of hydrogen-bond acceptors (Lipinski definition) is 7. The Bertz CT molecular complexity index is 703. The van der Waals surface area contributed by atoms with E-state index in [0.29, 0.717) is 43.4 Å². The van der Waals surface area contributed by atoms with Gasteiger partial charge in [-0.2, -0.15) is 4.98 Å². The molecule has 2 aromatic heterocycles. The van der Waals surface area contributed by atoms with Gasteiger partial charge in [0.1, 0.15) is 5.69 Å². The summed E-state index contributed by atoms with van der Waals surface area (Å²) >= 11 is 0. The number of aryl methyl sites for hydroxylation is 1. The summed E-state index contributed by atoms with van der Waals surface area (Å²) < 4.78 is 10.6. The highest BCUT2D eigenvalue weighted by molar-refractivity contribution is 5.85. The van der Waals surface area contributed by atoms with E-state index in [9.17, 15) is 4.79 Å². The lowest BCUT2D eigenvalue weighted by molar-refractivity contribution is -0.122. The Morgan fingerprint density at radius 3 is 2.79 bits per heavy atom. The fourth-order valence-corrected chi connectivity index (χ4v) is 3.19. The van der Waals surface area contributed by atoms with Gasteiger partial charge in [0.15, 0.2) is 0 Å². The average Bonchev–Trinajstić information content (AvgIpc) is 3.16. The number of nitrogens with one attached hydrogen (secondary N) is 2. The Morgan fingerprint density at radius 2 is 2.11 bits per heavy atom. The molecular formula is C18H27Cl2N5O3. The van der Waals surface area contributed by atoms with Gasteiger partial charge in [0.25, 0.3) is 0 Å². The lowest BCUT2D eigenvalue weighted by atomic mass is 9.79. The summed E-state index contributed by atoms with van der Waals surface area (Å²) in [6.07, 6.45) is 4.39. The van der Waals surface area contributed by atoms with E-state index in [2.05, 4.69) is 25.8 Å². The van der Waals surface area contributed by atoms with Crippen molar-refractivity contribution in [3.63, 3.8) is 0 Å². The number of methoxy groups -OCH3 is 1. The van der Waals surface area contributed by atoms with Gasteiger partial charge in [0, 0.05) is 38.1 Å². The Morgan fingerprint density at radius 1 is 1.32 bits per heavy atom. The highest BCUT2D eigenvalue weighted by Gasteiger charge is 2.32. The third-order valence-corrected chi connectivity index (χ3v) is 4.70. The van der Waals surface area contributed by atoms with Crippen molar-refractivity contribution in [1.29, 1.82) is 0 Å². The van der Waals surface area contributed by atoms with Crippen LogP contribution in [-0.4, -0.2) is 54.4 Å². The first-order valence-electron chi connectivity index (χ1n) is 8.91. The molecule has 2 N–H and O–H groups in total. The number of nitrogens with zero attached hydrogens (tertiary/aromatic N) is 3. The topological polar surface area (TPSA) is 102 Å². The lowest BCUT2D eigenvalue weighted by Crippen LogP contribution is -2.47. The normalized spacial score (nSPS) is 15.2. The highest BCUT2D eigenvalue weighted by Crippen LogP contribution is 2.28. The number of pyridine rings is 1. The van der Waals surface area contributed by atoms with Crippen molar-refractivity contribution in [3.05, 3.63) is 30.3 Å². The van der Waals surface area contributed by atoms with Crippen LogP contribution in [0.1, 0.15) is 25.2 Å². The van der Waals surface area contributed by atoms with Gasteiger partial charge in [-0.25, -0.2) is 0 Å². The number of halogens is 2. The van der Waals surface area contributed by atoms with E-state index < -0.39 is 0 Å². The molecule has 0 unspecified atom stereocenters. The average molecular weight is 432 g/mol. The molecule has 3 heterocycles. The van der Waals surface area contributed by atoms with Crippen LogP contribution >= 0.6 is 24.8 Å². The fourth-order valence-electron chi connectivity index (χ4n) is 3.19. The van der Waals surface area contributed by atoms with Gasteiger partial charge >= 0.3 is 0 Å². The molecule has 0 saturated carbocycles. The minimum atomic E-state index is -0.0170. The van der Waals surface area contributed by atoms with Crippen LogP contribution in [0, 0.1) is 5.41 Å². The number of amides is 1. The van der Waals surface area contributed by atoms with Crippen molar-refractivity contribution in [1.82, 2.24) is 25.8 Å². The summed E-state index contributed by atoms with van der Waals surface area (Å²) in [7, 11) is 1.71. The second-order valence-electron chi connectivity index (χ2n) is 6.69. The number of carbonyl (C=O) groups excluding carboxylic acids is 1. The van der Waals surface area contributed by atoms with Crippen molar-refractivity contribution >= 4 is 30.7 Å². The molecule has 8 nitrogen and oxygen atoms in total. The fraction of sp³-hybridized carbons (Fsp3) is 0.556. The van der Waals surface area contributed by atoms with E-state index >= 15 is 0 Å². The standard InChI is InChI=1S/C18H25N5O3.2ClH/c1-25-13-18(7-10-19-11-8-18)12-21-15(24)5-6-16-22-17(23-26-16)14-4-2-3-9-20-14;;/h2-4,9,19H,5-8,10-13H2,1H3,(H,21,24);2*1H. The number of aromatic nitrogens is 3. The Labute approximate surface area is 177 Å². The molecule has 0 aliphatic carbocycles. The van der Waals surface area contributed by atoms with Gasteiger partial charge in [-0.1, -0.05) is 11.2 Å². The Balaban J connectivity index is 0.00000196. The minimum Gasteiger partial charge on any atom is -0.384 e. The molecule has 28 heavy (non-hydrogen) atoms. The van der Waals surface area contributed by atoms with Gasteiger partial charge in [-0.05, 0) is 38.1 Å². The maximum Gasteiger partial charge on any atom is 0.227 e. The predicted octanol–water partition coefficient (Wildman–Crippen LogP) is 2.04. The zero-order valence-corrected chi connectivity index (χ0v) is 17.5. The van der Waals surface area contributed by atoms with Gasteiger partial charge < -0.3 is 19.9 Å². The summed E-state index contributed by atoms with van der Waals surface area (Å²) in [4.78, 5) is 20.7. The van der Waals surface area contributed by atoms with Crippen LogP contribution in [0.3, 0.4) is 0 Å². The van der Waals surface area contributed by atoms with Crippen LogP contribution in [0.4, 0.5) is 0 Å². The van der Waals surface area contributed by atoms with Crippen LogP contribution < -0.4 is 10.6 Å². The number of piperidine rings is 1. The van der Waals surface area contributed by atoms with Crippen molar-refractivity contribution in [2.45, 2.75) is 25.7 Å². The van der Waals surface area contributed by atoms with Crippen LogP contribution in [-0.2, 0) is 16.0 Å². The van der Waals surface area contributed by atoms with Crippen molar-refractivity contribution < 1.29 is 14.1 Å². The summed E-state index contributed by atoms with van der Waals surface area (Å²) in [5.41, 5.74) is 0.672. The molecule has 1 aliphatic rings. The summed E-state index contributed by atoms with van der Waals surface area (Å²) in [5.74, 6) is 0.862. The molecule has 0 spiro atoms. The third-order valence-electron chi connectivity index (χ3n) is 4.70. The molecule has 0 bridgehead atoms. The first kappa shape index (κ1) is 24.3. The molecule has 1 aliphatic heterocycles. The molecule has 1 saturated heterocycles. The monoisotopic (exact) mass is 431 g/mol. The maximum absolute atomic E-state index is 12.2. The molecule has 0 aromatic carbocycles. The van der Waals surface area contributed by atoms with E-state index in [1.165, 1.54) is 0 Å². The molecule has 0 atom stereocenters. The van der Waals surface area contributed by atoms with Gasteiger partial charge in [0.2, 0.25) is 17.6 Å². The second-order valence-corrected chi connectivity index (χ2v) is 6.69. The molecule has 0 radical (unpaired) electrons. The number of carbonyl (C=O) groups is 1. The molecule has 2 aromatic rings. The summed E-state index contributed by atoms with van der Waals surface area (Å²) in [6, 6.07) is 5.51. The van der Waals surface area contributed by atoms with Gasteiger partial charge in [-0.15, -0.1) is 24.8 Å². The zero-order chi connectivity index (χ0) is 18.2. The zero-order valence-electron chi connectivity index (χ0n) is 15.8. The Kier molecular flexibility index (Phi) is 10.4. The molecule has 156 valence electrons. The van der Waals surface area contributed by atoms with Crippen LogP contribution in [0.2, 0.25) is 0 Å². The molecular weight excluding hydrogens is 405 g/mol. The Hall–Kier alpha value is -1.74. The van der Waals surface area contributed by atoms with Crippen molar-refractivity contribution in [2.24, 2.45) is 5.41 Å². The number of ether oxygens (including phenoxy) is 1. The minimum absolute atomic E-state index is 0. The second kappa shape index (κ2) is 12.0. The highest BCUT2D eigenvalue weighted by atomic mass is 35.5. The molecule has 10 heteroatoms. The van der Waals surface area contributed by atoms with Gasteiger partial charge in [0.05, 0.1) is 6.61 Å². The largest absolute Gasteiger partial charge is 0.384 e. The van der Waals surface area contributed by atoms with E-state index in [4.69, 9.17) is 9.26 Å². The van der Waals surface area contributed by atoms with Gasteiger partial charge in [-0.3, -0.25) is 9.78 Å². The maximum atomic E-state index is 12.2. The van der Waals surface area contributed by atoms with E-state index in [1.54, 1.807) is 13.3 Å². The SMILES string of the molecule is COCC1(CNC(=O)CCc2nc(-c3ccccn3)no2)CCNCC1.Cl.Cl. The number of rotatable bonds is 8. The molecule has 1 fully saturated rings. The van der Waals surface area contributed by atoms with Crippen molar-refractivity contribution in [2.75, 3.05) is 33.4 Å². The van der Waals surface area contributed by atoms with E-state index in [1.807, 2.05) is 18.2 Å². The smallest absolute Gasteiger partial charge is 0.227 e. The first-order chi connectivity index (χ1) is 12.7. The van der Waals surface area contributed by atoms with E-state index in [0.717, 1.165) is 25.9 Å². The molecule has 3 rings (SSSR count). The third kappa shape index (κ3) is 6.70. The summed E-state index contributed by atoms with van der Waals surface area (Å²) in [6.45, 7) is 3.20. The van der Waals surface area contributed by atoms with Crippen LogP contribution in [0.15, 0.2) is 28.9 Å². The molecule has 1 amide bonds. The van der Waals surface area contributed by atoms with Crippen LogP contribution in [0.5, 0.6) is 0 Å².